The van der Waals surface area contributed by atoms with Gasteiger partial charge >= 0.3 is 5.97 Å². The topological polar surface area (TPSA) is 74.5 Å². The van der Waals surface area contributed by atoms with E-state index >= 15 is 0 Å². The summed E-state index contributed by atoms with van der Waals surface area (Å²) in [5, 5.41) is 6.45. The molecule has 6 nitrogen and oxygen atoms in total. The minimum atomic E-state index is -0.429. The molecule has 0 aliphatic heterocycles. The monoisotopic (exact) mass is 332 g/mol. The van der Waals surface area contributed by atoms with Crippen molar-refractivity contribution in [3.05, 3.63) is 34.8 Å². The number of fused-ring (bicyclic) bond motifs is 1. The molecule has 3 aromatic heterocycles. The third-order valence-corrected chi connectivity index (χ3v) is 4.17. The summed E-state index contributed by atoms with van der Waals surface area (Å²) in [5.74, 6) is -0.429. The van der Waals surface area contributed by atoms with Crippen LogP contribution in [0.1, 0.15) is 23.0 Å². The van der Waals surface area contributed by atoms with Gasteiger partial charge in [-0.15, -0.1) is 11.3 Å². The first kappa shape index (κ1) is 15.6. The quantitative estimate of drug-likeness (QED) is 0.508. The van der Waals surface area contributed by atoms with Crippen LogP contribution in [0.3, 0.4) is 0 Å². The van der Waals surface area contributed by atoms with Crippen molar-refractivity contribution < 1.29 is 18.8 Å². The molecule has 0 bridgehead atoms. The number of carbonyl (C=O) groups is 1. The highest BCUT2D eigenvalue weighted by Crippen LogP contribution is 2.29. The summed E-state index contributed by atoms with van der Waals surface area (Å²) in [4.78, 5) is 17.8. The third kappa shape index (κ3) is 3.25. The lowest BCUT2D eigenvalue weighted by molar-refractivity contribution is 0.0337. The van der Waals surface area contributed by atoms with Crippen LogP contribution in [-0.2, 0) is 9.47 Å². The zero-order valence-electron chi connectivity index (χ0n) is 12.9. The Morgan fingerprint density at radius 3 is 3.00 bits per heavy atom. The number of aromatic nitrogens is 2. The van der Waals surface area contributed by atoms with E-state index in [1.165, 1.54) is 11.3 Å². The molecule has 0 aliphatic rings. The van der Waals surface area contributed by atoms with E-state index in [1.54, 1.807) is 13.0 Å². The average molecular weight is 332 g/mol. The molecule has 0 aliphatic carbocycles. The van der Waals surface area contributed by atoms with E-state index in [0.29, 0.717) is 41.3 Å². The van der Waals surface area contributed by atoms with E-state index in [2.05, 4.69) is 10.1 Å². The molecule has 0 aromatic carbocycles. The van der Waals surface area contributed by atoms with Crippen LogP contribution >= 0.6 is 11.3 Å². The van der Waals surface area contributed by atoms with Crippen molar-refractivity contribution in [3.8, 4) is 10.6 Å². The van der Waals surface area contributed by atoms with E-state index in [-0.39, 0.29) is 6.61 Å². The summed E-state index contributed by atoms with van der Waals surface area (Å²) in [7, 11) is 0. The van der Waals surface area contributed by atoms with Gasteiger partial charge in [0.1, 0.15) is 6.61 Å². The first-order valence-electron chi connectivity index (χ1n) is 7.26. The zero-order valence-corrected chi connectivity index (χ0v) is 13.7. The molecule has 0 amide bonds. The van der Waals surface area contributed by atoms with Crippen molar-refractivity contribution in [2.75, 3.05) is 19.8 Å². The Kier molecular flexibility index (Phi) is 4.68. The van der Waals surface area contributed by atoms with Crippen molar-refractivity contribution >= 4 is 28.4 Å². The molecule has 23 heavy (non-hydrogen) atoms. The number of rotatable bonds is 6. The van der Waals surface area contributed by atoms with Gasteiger partial charge in [0.2, 0.25) is 0 Å². The van der Waals surface area contributed by atoms with Gasteiger partial charge in [-0.3, -0.25) is 0 Å². The number of hydrogen-bond acceptors (Lipinski definition) is 7. The average Bonchev–Trinajstić information content (AvgIpc) is 3.21. The minimum Gasteiger partial charge on any atom is -0.460 e. The highest BCUT2D eigenvalue weighted by molar-refractivity contribution is 7.13. The van der Waals surface area contributed by atoms with Crippen LogP contribution in [-0.4, -0.2) is 35.9 Å². The van der Waals surface area contributed by atoms with E-state index < -0.39 is 5.97 Å². The number of hydrogen-bond donors (Lipinski definition) is 0. The fraction of sp³-hybridized carbons (Fsp3) is 0.312. The lowest BCUT2D eigenvalue weighted by Gasteiger charge is -2.07. The molecule has 3 aromatic rings. The molecule has 3 rings (SSSR count). The molecular formula is C16H16N2O4S. The van der Waals surface area contributed by atoms with Crippen LogP contribution in [0, 0.1) is 6.92 Å². The van der Waals surface area contributed by atoms with Crippen LogP contribution in [0.15, 0.2) is 28.1 Å². The minimum absolute atomic E-state index is 0.204. The van der Waals surface area contributed by atoms with Gasteiger partial charge in [-0.1, -0.05) is 11.2 Å². The summed E-state index contributed by atoms with van der Waals surface area (Å²) in [6, 6.07) is 5.59. The molecule has 0 radical (unpaired) electrons. The van der Waals surface area contributed by atoms with Crippen molar-refractivity contribution in [2.24, 2.45) is 0 Å². The normalized spacial score (nSPS) is 11.0. The first-order chi connectivity index (χ1) is 11.2. The van der Waals surface area contributed by atoms with Gasteiger partial charge in [-0.2, -0.15) is 0 Å². The Balaban J connectivity index is 1.96. The Labute approximate surface area is 137 Å². The van der Waals surface area contributed by atoms with Gasteiger partial charge in [0, 0.05) is 6.61 Å². The van der Waals surface area contributed by atoms with Crippen molar-refractivity contribution in [1.82, 2.24) is 10.1 Å². The number of esters is 1. The fourth-order valence-electron chi connectivity index (χ4n) is 2.22. The molecule has 0 spiro atoms. The van der Waals surface area contributed by atoms with Crippen LogP contribution < -0.4 is 0 Å². The Morgan fingerprint density at radius 2 is 2.26 bits per heavy atom. The lowest BCUT2D eigenvalue weighted by atomic mass is 10.1. The van der Waals surface area contributed by atoms with Gasteiger partial charge in [-0.05, 0) is 31.4 Å². The number of pyridine rings is 1. The summed E-state index contributed by atoms with van der Waals surface area (Å²) in [6.45, 7) is 4.83. The van der Waals surface area contributed by atoms with E-state index in [9.17, 15) is 4.79 Å². The highest BCUT2D eigenvalue weighted by atomic mass is 32.1. The Hall–Kier alpha value is -2.25. The fourth-order valence-corrected chi connectivity index (χ4v) is 2.91. The molecule has 0 atom stereocenters. The molecule has 7 heteroatoms. The second-order valence-electron chi connectivity index (χ2n) is 4.81. The van der Waals surface area contributed by atoms with E-state index in [1.807, 2.05) is 24.4 Å². The maximum atomic E-state index is 12.4. The van der Waals surface area contributed by atoms with Gasteiger partial charge in [0.25, 0.3) is 5.71 Å². The first-order valence-corrected chi connectivity index (χ1v) is 8.14. The van der Waals surface area contributed by atoms with Gasteiger partial charge in [0.15, 0.2) is 0 Å². The summed E-state index contributed by atoms with van der Waals surface area (Å²) < 4.78 is 15.7. The Bertz CT molecular complexity index is 811. The number of nitrogens with zero attached hydrogens (tertiary/aromatic N) is 2. The molecular weight excluding hydrogens is 316 g/mol. The highest BCUT2D eigenvalue weighted by Gasteiger charge is 2.20. The lowest BCUT2D eigenvalue weighted by Crippen LogP contribution is -2.11. The molecule has 3 heterocycles. The number of thiophene rings is 1. The van der Waals surface area contributed by atoms with Crippen molar-refractivity contribution in [2.45, 2.75) is 13.8 Å². The zero-order chi connectivity index (χ0) is 16.2. The Morgan fingerprint density at radius 1 is 1.39 bits per heavy atom. The SMILES string of the molecule is CCOCCOC(=O)c1cc(-c2cccs2)nc2onc(C)c12. The molecule has 0 saturated carbocycles. The molecule has 0 saturated heterocycles. The van der Waals surface area contributed by atoms with E-state index in [0.717, 1.165) is 4.88 Å². The summed E-state index contributed by atoms with van der Waals surface area (Å²) in [5.41, 5.74) is 2.03. The molecule has 0 N–H and O–H groups in total. The van der Waals surface area contributed by atoms with Crippen molar-refractivity contribution in [3.63, 3.8) is 0 Å². The standard InChI is InChI=1S/C16H16N2O4S/c1-3-20-6-7-21-16(19)11-9-12(13-5-4-8-23-13)17-15-14(11)10(2)18-22-15/h4-5,8-9H,3,6-7H2,1-2H3. The van der Waals surface area contributed by atoms with Gasteiger partial charge in [0.05, 0.1) is 33.8 Å². The number of ether oxygens (including phenoxy) is 2. The van der Waals surface area contributed by atoms with Crippen LogP contribution in [0.2, 0.25) is 0 Å². The van der Waals surface area contributed by atoms with Crippen LogP contribution in [0.5, 0.6) is 0 Å². The van der Waals surface area contributed by atoms with Crippen LogP contribution in [0.4, 0.5) is 0 Å². The maximum Gasteiger partial charge on any atom is 0.339 e. The second-order valence-corrected chi connectivity index (χ2v) is 5.76. The maximum absolute atomic E-state index is 12.4. The number of aryl methyl sites for hydroxylation is 1. The van der Waals surface area contributed by atoms with Gasteiger partial charge in [-0.25, -0.2) is 9.78 Å². The summed E-state index contributed by atoms with van der Waals surface area (Å²) >= 11 is 1.54. The smallest absolute Gasteiger partial charge is 0.339 e. The third-order valence-electron chi connectivity index (χ3n) is 3.28. The van der Waals surface area contributed by atoms with E-state index in [4.69, 9.17) is 14.0 Å². The predicted octanol–water partition coefficient (Wildman–Crippen LogP) is 3.45. The summed E-state index contributed by atoms with van der Waals surface area (Å²) in [6.07, 6.45) is 0. The molecule has 0 unspecified atom stereocenters. The largest absolute Gasteiger partial charge is 0.460 e. The molecule has 0 fully saturated rings. The van der Waals surface area contributed by atoms with Crippen LogP contribution in [0.25, 0.3) is 21.7 Å². The van der Waals surface area contributed by atoms with Gasteiger partial charge < -0.3 is 14.0 Å². The molecule has 120 valence electrons. The number of carbonyl (C=O) groups excluding carboxylic acids is 1. The predicted molar refractivity (Wildman–Crippen MR) is 86.6 cm³/mol. The second kappa shape index (κ2) is 6.89. The van der Waals surface area contributed by atoms with Crippen molar-refractivity contribution in [1.29, 1.82) is 0 Å².